The molecule has 1 aliphatic carbocycles. The molecule has 2 rings (SSSR count). The zero-order chi connectivity index (χ0) is 8.55. The van der Waals surface area contributed by atoms with Gasteiger partial charge in [0.25, 0.3) is 0 Å². The van der Waals surface area contributed by atoms with Crippen molar-refractivity contribution in [2.75, 3.05) is 0 Å². The number of nitrogens with two attached hydrogens (primary N) is 1. The standard InChI is InChI=1S/C9H15N3/c1-12-9(6-10)7-4-2-3-5-8(7)11-12/h2-6,10H2,1H3. The van der Waals surface area contributed by atoms with Crippen LogP contribution in [0.4, 0.5) is 0 Å². The molecule has 66 valence electrons. The first-order valence-electron chi connectivity index (χ1n) is 4.56. The van der Waals surface area contributed by atoms with Gasteiger partial charge in [-0.3, -0.25) is 4.68 Å². The summed E-state index contributed by atoms with van der Waals surface area (Å²) >= 11 is 0. The fourth-order valence-corrected chi connectivity index (χ4v) is 2.00. The molecular weight excluding hydrogens is 150 g/mol. The minimum absolute atomic E-state index is 0.624. The Morgan fingerprint density at radius 3 is 2.92 bits per heavy atom. The maximum absolute atomic E-state index is 5.66. The van der Waals surface area contributed by atoms with E-state index in [1.807, 2.05) is 11.7 Å². The maximum atomic E-state index is 5.66. The average molecular weight is 165 g/mol. The molecule has 0 radical (unpaired) electrons. The lowest BCUT2D eigenvalue weighted by Crippen LogP contribution is -2.07. The predicted octanol–water partition coefficient (Wildman–Crippen LogP) is 0.758. The third-order valence-electron chi connectivity index (χ3n) is 2.64. The number of aromatic nitrogens is 2. The van der Waals surface area contributed by atoms with Crippen molar-refractivity contribution in [3.05, 3.63) is 17.0 Å². The van der Waals surface area contributed by atoms with Crippen LogP contribution in [-0.2, 0) is 26.4 Å². The summed E-state index contributed by atoms with van der Waals surface area (Å²) in [7, 11) is 1.99. The van der Waals surface area contributed by atoms with E-state index in [4.69, 9.17) is 5.73 Å². The SMILES string of the molecule is Cn1nc2c(c1CN)CCCC2. The van der Waals surface area contributed by atoms with E-state index in [1.54, 1.807) is 0 Å². The highest BCUT2D eigenvalue weighted by Gasteiger charge is 2.17. The van der Waals surface area contributed by atoms with Gasteiger partial charge in [-0.15, -0.1) is 0 Å². The second-order valence-corrected chi connectivity index (χ2v) is 3.41. The summed E-state index contributed by atoms with van der Waals surface area (Å²) in [6.45, 7) is 0.624. The van der Waals surface area contributed by atoms with Crippen molar-refractivity contribution in [3.8, 4) is 0 Å². The van der Waals surface area contributed by atoms with Crippen LogP contribution in [0.2, 0.25) is 0 Å². The van der Waals surface area contributed by atoms with Gasteiger partial charge in [-0.1, -0.05) is 0 Å². The van der Waals surface area contributed by atoms with Crippen molar-refractivity contribution in [1.82, 2.24) is 9.78 Å². The van der Waals surface area contributed by atoms with E-state index in [0.717, 1.165) is 6.42 Å². The third-order valence-corrected chi connectivity index (χ3v) is 2.64. The second kappa shape index (κ2) is 2.90. The van der Waals surface area contributed by atoms with Gasteiger partial charge in [0, 0.05) is 13.6 Å². The zero-order valence-corrected chi connectivity index (χ0v) is 7.51. The Morgan fingerprint density at radius 1 is 1.42 bits per heavy atom. The smallest absolute Gasteiger partial charge is 0.0659 e. The molecule has 0 saturated heterocycles. The summed E-state index contributed by atoms with van der Waals surface area (Å²) < 4.78 is 1.94. The normalized spacial score (nSPS) is 16.2. The van der Waals surface area contributed by atoms with Gasteiger partial charge in [-0.25, -0.2) is 0 Å². The summed E-state index contributed by atoms with van der Waals surface area (Å²) in [4.78, 5) is 0. The molecule has 1 aromatic heterocycles. The lowest BCUT2D eigenvalue weighted by molar-refractivity contribution is 0.663. The largest absolute Gasteiger partial charge is 0.325 e. The molecule has 1 heterocycles. The van der Waals surface area contributed by atoms with E-state index >= 15 is 0 Å². The number of aryl methyl sites for hydroxylation is 2. The number of fused-ring (bicyclic) bond motifs is 1. The van der Waals surface area contributed by atoms with Gasteiger partial charge in [0.2, 0.25) is 0 Å². The molecule has 0 unspecified atom stereocenters. The van der Waals surface area contributed by atoms with Gasteiger partial charge in [-0.05, 0) is 31.2 Å². The summed E-state index contributed by atoms with van der Waals surface area (Å²) in [6, 6.07) is 0. The van der Waals surface area contributed by atoms with Crippen molar-refractivity contribution in [1.29, 1.82) is 0 Å². The summed E-state index contributed by atoms with van der Waals surface area (Å²) in [5.74, 6) is 0. The van der Waals surface area contributed by atoms with Crippen LogP contribution in [0, 0.1) is 0 Å². The van der Waals surface area contributed by atoms with Crippen molar-refractivity contribution < 1.29 is 0 Å². The highest BCUT2D eigenvalue weighted by Crippen LogP contribution is 2.22. The minimum Gasteiger partial charge on any atom is -0.325 e. The Labute approximate surface area is 72.6 Å². The van der Waals surface area contributed by atoms with Crippen LogP contribution < -0.4 is 5.73 Å². The molecular formula is C9H15N3. The lowest BCUT2D eigenvalue weighted by atomic mass is 9.96. The zero-order valence-electron chi connectivity index (χ0n) is 7.51. The Kier molecular flexibility index (Phi) is 1.89. The number of nitrogens with zero attached hydrogens (tertiary/aromatic N) is 2. The molecule has 3 heteroatoms. The van der Waals surface area contributed by atoms with Crippen molar-refractivity contribution in [2.24, 2.45) is 12.8 Å². The van der Waals surface area contributed by atoms with Crippen molar-refractivity contribution in [2.45, 2.75) is 32.2 Å². The molecule has 12 heavy (non-hydrogen) atoms. The van der Waals surface area contributed by atoms with E-state index in [9.17, 15) is 0 Å². The minimum atomic E-state index is 0.624. The topological polar surface area (TPSA) is 43.8 Å². The molecule has 3 nitrogen and oxygen atoms in total. The Morgan fingerprint density at radius 2 is 2.17 bits per heavy atom. The molecule has 0 spiro atoms. The quantitative estimate of drug-likeness (QED) is 0.667. The molecule has 1 aliphatic rings. The predicted molar refractivity (Wildman–Crippen MR) is 47.7 cm³/mol. The van der Waals surface area contributed by atoms with Gasteiger partial charge in [0.05, 0.1) is 11.4 Å². The van der Waals surface area contributed by atoms with Crippen molar-refractivity contribution in [3.63, 3.8) is 0 Å². The molecule has 0 bridgehead atoms. The van der Waals surface area contributed by atoms with Gasteiger partial charge >= 0.3 is 0 Å². The highest BCUT2D eigenvalue weighted by atomic mass is 15.3. The maximum Gasteiger partial charge on any atom is 0.0659 e. The average Bonchev–Trinajstić information content (AvgIpc) is 2.40. The molecule has 0 saturated carbocycles. The molecule has 2 N–H and O–H groups in total. The second-order valence-electron chi connectivity index (χ2n) is 3.41. The fraction of sp³-hybridized carbons (Fsp3) is 0.667. The summed E-state index contributed by atoms with van der Waals surface area (Å²) in [5.41, 5.74) is 9.59. The van der Waals surface area contributed by atoms with Crippen LogP contribution in [0.5, 0.6) is 0 Å². The van der Waals surface area contributed by atoms with Gasteiger partial charge < -0.3 is 5.73 Å². The van der Waals surface area contributed by atoms with Crippen LogP contribution in [0.1, 0.15) is 29.8 Å². The summed E-state index contributed by atoms with van der Waals surface area (Å²) in [5, 5.41) is 4.46. The van der Waals surface area contributed by atoms with E-state index < -0.39 is 0 Å². The first-order chi connectivity index (χ1) is 5.83. The van der Waals surface area contributed by atoms with E-state index in [0.29, 0.717) is 6.54 Å². The molecule has 0 aliphatic heterocycles. The molecule has 0 aromatic carbocycles. The Balaban J connectivity index is 2.46. The van der Waals surface area contributed by atoms with Gasteiger partial charge in [-0.2, -0.15) is 5.10 Å². The van der Waals surface area contributed by atoms with E-state index in [-0.39, 0.29) is 0 Å². The van der Waals surface area contributed by atoms with Crippen LogP contribution in [0.15, 0.2) is 0 Å². The van der Waals surface area contributed by atoms with Crippen LogP contribution in [0.25, 0.3) is 0 Å². The van der Waals surface area contributed by atoms with E-state index in [2.05, 4.69) is 5.10 Å². The monoisotopic (exact) mass is 165 g/mol. The number of hydrogen-bond acceptors (Lipinski definition) is 2. The summed E-state index contributed by atoms with van der Waals surface area (Å²) in [6.07, 6.45) is 4.90. The van der Waals surface area contributed by atoms with Crippen LogP contribution in [0.3, 0.4) is 0 Å². The Hall–Kier alpha value is -0.830. The van der Waals surface area contributed by atoms with Crippen LogP contribution >= 0.6 is 0 Å². The molecule has 1 aromatic rings. The highest BCUT2D eigenvalue weighted by molar-refractivity contribution is 5.28. The molecule has 0 amide bonds. The Bertz CT molecular complexity index is 288. The van der Waals surface area contributed by atoms with Gasteiger partial charge in [0.1, 0.15) is 0 Å². The first-order valence-corrected chi connectivity index (χ1v) is 4.56. The van der Waals surface area contributed by atoms with Gasteiger partial charge in [0.15, 0.2) is 0 Å². The fourth-order valence-electron chi connectivity index (χ4n) is 2.00. The van der Waals surface area contributed by atoms with Crippen molar-refractivity contribution >= 4 is 0 Å². The number of rotatable bonds is 1. The van der Waals surface area contributed by atoms with Crippen LogP contribution in [-0.4, -0.2) is 9.78 Å². The molecule has 0 fully saturated rings. The first kappa shape index (κ1) is 7.80. The molecule has 0 atom stereocenters. The third kappa shape index (κ3) is 1.05. The van der Waals surface area contributed by atoms with E-state index in [1.165, 1.54) is 36.2 Å². The lowest BCUT2D eigenvalue weighted by Gasteiger charge is -2.09. The number of hydrogen-bond donors (Lipinski definition) is 1.